The minimum absolute atomic E-state index is 0.300. The van der Waals surface area contributed by atoms with Gasteiger partial charge in [-0.3, -0.25) is 14.4 Å². The quantitative estimate of drug-likeness (QED) is 0.391. The summed E-state index contributed by atoms with van der Waals surface area (Å²) in [5, 5.41) is 2.55. The van der Waals surface area contributed by atoms with Gasteiger partial charge in [0.15, 0.2) is 5.92 Å². The van der Waals surface area contributed by atoms with Crippen molar-refractivity contribution in [2.24, 2.45) is 11.8 Å². The zero-order valence-electron chi connectivity index (χ0n) is 17.8. The first-order valence-corrected chi connectivity index (χ1v) is 9.53. The Balaban J connectivity index is 2.25. The van der Waals surface area contributed by atoms with Gasteiger partial charge in [-0.05, 0) is 23.3 Å². The topological polar surface area (TPSA) is 108 Å². The average Bonchev–Trinajstić information content (AvgIpc) is 2.82. The normalized spacial score (nSPS) is 12.4. The van der Waals surface area contributed by atoms with Crippen molar-refractivity contribution in [3.63, 3.8) is 0 Å². The van der Waals surface area contributed by atoms with Crippen LogP contribution < -0.4 is 5.32 Å². The molecule has 164 valence electrons. The highest BCUT2D eigenvalue weighted by molar-refractivity contribution is 5.99. The number of ether oxygens (including phenoxy) is 3. The highest BCUT2D eigenvalue weighted by atomic mass is 16.5. The summed E-state index contributed by atoms with van der Waals surface area (Å²) >= 11 is 0. The second kappa shape index (κ2) is 10.9. The summed E-state index contributed by atoms with van der Waals surface area (Å²) in [4.78, 5) is 49.3. The van der Waals surface area contributed by atoms with Crippen LogP contribution in [0.5, 0.6) is 0 Å². The molecule has 1 amide bonds. The summed E-state index contributed by atoms with van der Waals surface area (Å²) in [5.74, 6) is -5.53. The Morgan fingerprint density at radius 1 is 0.710 bits per heavy atom. The Kier molecular flexibility index (Phi) is 8.31. The molecule has 1 N–H and O–H groups in total. The van der Waals surface area contributed by atoms with Crippen LogP contribution >= 0.6 is 0 Å². The van der Waals surface area contributed by atoms with Crippen LogP contribution in [0.1, 0.15) is 17.3 Å². The number of methoxy groups -OCH3 is 3. The minimum atomic E-state index is -1.42. The first-order valence-electron chi connectivity index (χ1n) is 9.53. The van der Waals surface area contributed by atoms with Gasteiger partial charge in [-0.15, -0.1) is 0 Å². The summed E-state index contributed by atoms with van der Waals surface area (Å²) in [6, 6.07) is 15.2. The van der Waals surface area contributed by atoms with Crippen LogP contribution in [0.25, 0.3) is 11.1 Å². The van der Waals surface area contributed by atoms with Crippen molar-refractivity contribution < 1.29 is 33.4 Å². The molecule has 0 aliphatic carbocycles. The van der Waals surface area contributed by atoms with E-state index in [4.69, 9.17) is 4.74 Å². The van der Waals surface area contributed by atoms with Crippen molar-refractivity contribution in [1.82, 2.24) is 5.32 Å². The number of amides is 1. The molecule has 8 nitrogen and oxygen atoms in total. The zero-order valence-corrected chi connectivity index (χ0v) is 17.8. The van der Waals surface area contributed by atoms with Crippen LogP contribution in [0.4, 0.5) is 0 Å². The molecular weight excluding hydrogens is 402 g/mol. The van der Waals surface area contributed by atoms with E-state index in [1.807, 2.05) is 30.3 Å². The fraction of sp³-hybridized carbons (Fsp3) is 0.304. The Morgan fingerprint density at radius 2 is 1.19 bits per heavy atom. The number of benzene rings is 2. The van der Waals surface area contributed by atoms with Gasteiger partial charge in [0.05, 0.1) is 21.3 Å². The van der Waals surface area contributed by atoms with E-state index in [-0.39, 0.29) is 0 Å². The number of hydrogen-bond acceptors (Lipinski definition) is 7. The Hall–Kier alpha value is -3.68. The molecule has 2 atom stereocenters. The van der Waals surface area contributed by atoms with Gasteiger partial charge >= 0.3 is 17.9 Å². The molecule has 0 aliphatic rings. The lowest BCUT2D eigenvalue weighted by atomic mass is 9.87. The number of hydrogen-bond donors (Lipinski definition) is 1. The molecule has 2 aromatic carbocycles. The lowest BCUT2D eigenvalue weighted by Crippen LogP contribution is -2.51. The maximum Gasteiger partial charge on any atom is 0.328 e. The Morgan fingerprint density at radius 3 is 1.68 bits per heavy atom. The monoisotopic (exact) mass is 427 g/mol. The lowest BCUT2D eigenvalue weighted by Gasteiger charge is -2.27. The Bertz CT molecular complexity index is 909. The van der Waals surface area contributed by atoms with E-state index in [1.54, 1.807) is 24.3 Å². The molecule has 0 saturated carbocycles. The minimum Gasteiger partial charge on any atom is -0.468 e. The van der Waals surface area contributed by atoms with Crippen LogP contribution in [0.15, 0.2) is 54.6 Å². The lowest BCUT2D eigenvalue weighted by molar-refractivity contribution is -0.162. The van der Waals surface area contributed by atoms with E-state index in [9.17, 15) is 19.2 Å². The molecule has 0 radical (unpaired) electrons. The fourth-order valence-corrected chi connectivity index (χ4v) is 3.17. The first kappa shape index (κ1) is 23.6. The molecule has 31 heavy (non-hydrogen) atoms. The maximum atomic E-state index is 12.8. The number of esters is 3. The molecule has 0 unspecified atom stereocenters. The van der Waals surface area contributed by atoms with Gasteiger partial charge in [-0.1, -0.05) is 49.4 Å². The predicted octanol–water partition coefficient (Wildman–Crippen LogP) is 2.22. The standard InChI is InChI=1S/C23H25NO7/c1-14(18(21(26)29-2)22(27)30-3)19(23(28)31-4)24-20(25)17-12-10-16(11-13-17)15-8-6-5-7-9-15/h5-14,18-19H,1-4H3,(H,24,25)/t14-,19-/m1/s1. The van der Waals surface area contributed by atoms with E-state index in [2.05, 4.69) is 14.8 Å². The van der Waals surface area contributed by atoms with Crippen molar-refractivity contribution in [1.29, 1.82) is 0 Å². The molecule has 0 bridgehead atoms. The molecule has 0 aromatic heterocycles. The van der Waals surface area contributed by atoms with Gasteiger partial charge in [0, 0.05) is 11.5 Å². The molecule has 0 heterocycles. The highest BCUT2D eigenvalue weighted by Crippen LogP contribution is 2.22. The van der Waals surface area contributed by atoms with E-state index in [0.29, 0.717) is 5.56 Å². The van der Waals surface area contributed by atoms with Crippen LogP contribution in [0.3, 0.4) is 0 Å². The van der Waals surface area contributed by atoms with Gasteiger partial charge in [-0.25, -0.2) is 4.79 Å². The molecule has 0 aliphatic heterocycles. The molecular formula is C23H25NO7. The second-order valence-corrected chi connectivity index (χ2v) is 6.80. The largest absolute Gasteiger partial charge is 0.468 e. The van der Waals surface area contributed by atoms with E-state index < -0.39 is 41.7 Å². The number of rotatable bonds is 8. The van der Waals surface area contributed by atoms with Gasteiger partial charge in [0.1, 0.15) is 6.04 Å². The van der Waals surface area contributed by atoms with E-state index in [1.165, 1.54) is 6.92 Å². The summed E-state index contributed by atoms with van der Waals surface area (Å²) in [7, 11) is 3.38. The third-order valence-electron chi connectivity index (χ3n) is 4.96. The summed E-state index contributed by atoms with van der Waals surface area (Å²) in [5.41, 5.74) is 2.22. The van der Waals surface area contributed by atoms with Crippen molar-refractivity contribution in [2.75, 3.05) is 21.3 Å². The first-order chi connectivity index (χ1) is 14.8. The zero-order chi connectivity index (χ0) is 23.0. The highest BCUT2D eigenvalue weighted by Gasteiger charge is 2.42. The average molecular weight is 427 g/mol. The predicted molar refractivity (Wildman–Crippen MR) is 112 cm³/mol. The van der Waals surface area contributed by atoms with Crippen molar-refractivity contribution >= 4 is 23.8 Å². The fourth-order valence-electron chi connectivity index (χ4n) is 3.17. The summed E-state index contributed by atoms with van der Waals surface area (Å²) in [6.07, 6.45) is 0. The number of carbonyl (C=O) groups excluding carboxylic acids is 4. The molecule has 8 heteroatoms. The van der Waals surface area contributed by atoms with Gasteiger partial charge in [-0.2, -0.15) is 0 Å². The SMILES string of the molecule is COC(=O)C(C(=O)OC)[C@@H](C)[C@@H](NC(=O)c1ccc(-c2ccccc2)cc1)C(=O)OC. The molecule has 2 aromatic rings. The number of carbonyl (C=O) groups is 4. The Labute approximate surface area is 180 Å². The summed E-state index contributed by atoms with van der Waals surface area (Å²) in [6.45, 7) is 1.46. The second-order valence-electron chi connectivity index (χ2n) is 6.80. The molecule has 0 spiro atoms. The smallest absolute Gasteiger partial charge is 0.328 e. The third-order valence-corrected chi connectivity index (χ3v) is 4.96. The molecule has 0 fully saturated rings. The van der Waals surface area contributed by atoms with Crippen LogP contribution in [-0.4, -0.2) is 51.2 Å². The molecule has 2 rings (SSSR count). The summed E-state index contributed by atoms with van der Waals surface area (Å²) < 4.78 is 14.1. The van der Waals surface area contributed by atoms with Gasteiger partial charge < -0.3 is 19.5 Å². The van der Waals surface area contributed by atoms with Crippen LogP contribution in [0.2, 0.25) is 0 Å². The van der Waals surface area contributed by atoms with Crippen molar-refractivity contribution in [2.45, 2.75) is 13.0 Å². The van der Waals surface area contributed by atoms with Crippen LogP contribution in [0, 0.1) is 11.8 Å². The molecule has 0 saturated heterocycles. The van der Waals surface area contributed by atoms with Crippen LogP contribution in [-0.2, 0) is 28.6 Å². The maximum absolute atomic E-state index is 12.8. The third kappa shape index (κ3) is 5.69. The van der Waals surface area contributed by atoms with Crippen molar-refractivity contribution in [3.8, 4) is 11.1 Å². The van der Waals surface area contributed by atoms with E-state index >= 15 is 0 Å². The van der Waals surface area contributed by atoms with Crippen molar-refractivity contribution in [3.05, 3.63) is 60.2 Å². The number of nitrogens with one attached hydrogen (secondary N) is 1. The van der Waals surface area contributed by atoms with Gasteiger partial charge in [0.25, 0.3) is 5.91 Å². The van der Waals surface area contributed by atoms with Gasteiger partial charge in [0.2, 0.25) is 0 Å². The van der Waals surface area contributed by atoms with E-state index in [0.717, 1.165) is 32.5 Å².